The van der Waals surface area contributed by atoms with Crippen LogP contribution in [0.15, 0.2) is 30.6 Å². The van der Waals surface area contributed by atoms with Crippen LogP contribution in [0.3, 0.4) is 0 Å². The fourth-order valence-electron chi connectivity index (χ4n) is 2.03. The number of benzene rings is 1. The molecule has 1 heterocycles. The van der Waals surface area contributed by atoms with Gasteiger partial charge >= 0.3 is 5.97 Å². The lowest BCUT2D eigenvalue weighted by Gasteiger charge is -2.12. The van der Waals surface area contributed by atoms with Gasteiger partial charge in [0.25, 0.3) is 0 Å². The van der Waals surface area contributed by atoms with E-state index in [0.29, 0.717) is 12.1 Å². The highest BCUT2D eigenvalue weighted by Gasteiger charge is 2.10. The molecular weight excluding hydrogens is 242 g/mol. The third kappa shape index (κ3) is 2.76. The molecule has 1 aromatic carbocycles. The van der Waals surface area contributed by atoms with Gasteiger partial charge in [0, 0.05) is 24.6 Å². The van der Waals surface area contributed by atoms with Crippen molar-refractivity contribution < 1.29 is 9.90 Å². The van der Waals surface area contributed by atoms with E-state index in [1.165, 1.54) is 0 Å². The van der Waals surface area contributed by atoms with Gasteiger partial charge in [-0.05, 0) is 31.5 Å². The summed E-state index contributed by atoms with van der Waals surface area (Å²) in [4.78, 5) is 15.3. The van der Waals surface area contributed by atoms with E-state index in [1.807, 2.05) is 16.8 Å². The highest BCUT2D eigenvalue weighted by Crippen LogP contribution is 2.19. The summed E-state index contributed by atoms with van der Waals surface area (Å²) in [5.41, 5.74) is 1.89. The van der Waals surface area contributed by atoms with Gasteiger partial charge < -0.3 is 15.0 Å². The van der Waals surface area contributed by atoms with Crippen molar-refractivity contribution in [3.05, 3.63) is 47.5 Å². The molecule has 0 fully saturated rings. The minimum absolute atomic E-state index is 0.323. The van der Waals surface area contributed by atoms with Gasteiger partial charge in [0.15, 0.2) is 0 Å². The maximum atomic E-state index is 11.1. The second-order valence-corrected chi connectivity index (χ2v) is 4.27. The minimum Gasteiger partial charge on any atom is -0.478 e. The summed E-state index contributed by atoms with van der Waals surface area (Å²) in [5.74, 6) is 0.0267. The van der Waals surface area contributed by atoms with Crippen molar-refractivity contribution in [1.29, 1.82) is 0 Å². The molecule has 2 rings (SSSR count). The maximum Gasteiger partial charge on any atom is 0.336 e. The van der Waals surface area contributed by atoms with E-state index in [0.717, 1.165) is 23.6 Å². The van der Waals surface area contributed by atoms with Gasteiger partial charge in [0.05, 0.1) is 12.1 Å². The number of aromatic carboxylic acids is 1. The third-order valence-electron chi connectivity index (χ3n) is 3.14. The van der Waals surface area contributed by atoms with Crippen molar-refractivity contribution >= 4 is 11.7 Å². The molecule has 2 aromatic rings. The molecule has 0 aliphatic heterocycles. The van der Waals surface area contributed by atoms with Crippen LogP contribution in [0.2, 0.25) is 0 Å². The number of carboxylic acid groups (broad SMARTS) is 1. The van der Waals surface area contributed by atoms with Crippen molar-refractivity contribution in [2.75, 3.05) is 5.32 Å². The number of hydrogen-bond donors (Lipinski definition) is 2. The van der Waals surface area contributed by atoms with Crippen LogP contribution in [-0.2, 0) is 13.1 Å². The Hall–Kier alpha value is -2.30. The second kappa shape index (κ2) is 5.56. The quantitative estimate of drug-likeness (QED) is 0.865. The van der Waals surface area contributed by atoms with Crippen molar-refractivity contribution in [3.8, 4) is 0 Å². The van der Waals surface area contributed by atoms with Gasteiger partial charge in [0.2, 0.25) is 0 Å². The van der Waals surface area contributed by atoms with Crippen molar-refractivity contribution in [2.24, 2.45) is 0 Å². The molecule has 0 spiro atoms. The minimum atomic E-state index is -0.906. The van der Waals surface area contributed by atoms with Gasteiger partial charge in [0.1, 0.15) is 5.82 Å². The fourth-order valence-corrected chi connectivity index (χ4v) is 2.03. The Bertz CT molecular complexity index is 590. The van der Waals surface area contributed by atoms with E-state index in [-0.39, 0.29) is 0 Å². The number of carbonyl (C=O) groups is 1. The highest BCUT2D eigenvalue weighted by molar-refractivity contribution is 5.91. The average Bonchev–Trinajstić information content (AvgIpc) is 2.84. The Labute approximate surface area is 111 Å². The Morgan fingerprint density at radius 1 is 1.47 bits per heavy atom. The number of hydrogen-bond acceptors (Lipinski definition) is 3. The summed E-state index contributed by atoms with van der Waals surface area (Å²) < 4.78 is 2.05. The molecule has 100 valence electrons. The van der Waals surface area contributed by atoms with Crippen LogP contribution in [0.25, 0.3) is 0 Å². The predicted octanol–water partition coefficient (Wildman–Crippen LogP) is 2.52. The third-order valence-corrected chi connectivity index (χ3v) is 3.14. The topological polar surface area (TPSA) is 67.2 Å². The first-order chi connectivity index (χ1) is 9.13. The lowest BCUT2D eigenvalue weighted by molar-refractivity contribution is 0.0696. The van der Waals surface area contributed by atoms with Gasteiger partial charge in [-0.2, -0.15) is 0 Å². The predicted molar refractivity (Wildman–Crippen MR) is 73.4 cm³/mol. The summed E-state index contributed by atoms with van der Waals surface area (Å²) in [5, 5.41) is 12.3. The molecule has 0 unspecified atom stereocenters. The Balaban J connectivity index is 2.16. The van der Waals surface area contributed by atoms with E-state index >= 15 is 0 Å². The Morgan fingerprint density at radius 3 is 2.95 bits per heavy atom. The monoisotopic (exact) mass is 259 g/mol. The largest absolute Gasteiger partial charge is 0.478 e. The van der Waals surface area contributed by atoms with Gasteiger partial charge in [-0.1, -0.05) is 6.07 Å². The summed E-state index contributed by atoms with van der Waals surface area (Å²) in [7, 11) is 0. The molecule has 2 N–H and O–H groups in total. The number of nitrogens with zero attached hydrogens (tertiary/aromatic N) is 2. The molecule has 0 saturated heterocycles. The van der Waals surface area contributed by atoms with E-state index in [2.05, 4.69) is 17.2 Å². The Morgan fingerprint density at radius 2 is 2.26 bits per heavy atom. The zero-order valence-corrected chi connectivity index (χ0v) is 11.1. The van der Waals surface area contributed by atoms with Crippen LogP contribution in [0.5, 0.6) is 0 Å². The van der Waals surface area contributed by atoms with E-state index in [1.54, 1.807) is 25.3 Å². The average molecular weight is 259 g/mol. The number of rotatable bonds is 5. The summed E-state index contributed by atoms with van der Waals surface area (Å²) in [6.45, 7) is 5.30. The molecule has 1 aromatic heterocycles. The second-order valence-electron chi connectivity index (χ2n) is 4.27. The molecule has 0 atom stereocenters. The molecule has 19 heavy (non-hydrogen) atoms. The molecule has 0 bridgehead atoms. The zero-order chi connectivity index (χ0) is 13.8. The van der Waals surface area contributed by atoms with E-state index in [9.17, 15) is 4.79 Å². The standard InChI is InChI=1S/C14H17N3O2/c1-3-17-8-7-15-13(17)9-16-12-6-4-5-11(10(12)2)14(18)19/h4-8,16H,3,9H2,1-2H3,(H,18,19). The molecule has 0 saturated carbocycles. The van der Waals surface area contributed by atoms with Crippen LogP contribution in [0.1, 0.15) is 28.7 Å². The molecule has 5 heteroatoms. The van der Waals surface area contributed by atoms with Crippen LogP contribution in [0.4, 0.5) is 5.69 Å². The number of carboxylic acids is 1. The fraction of sp³-hybridized carbons (Fsp3) is 0.286. The van der Waals surface area contributed by atoms with Crippen LogP contribution in [0, 0.1) is 6.92 Å². The van der Waals surface area contributed by atoms with Crippen LogP contribution < -0.4 is 5.32 Å². The van der Waals surface area contributed by atoms with Crippen molar-refractivity contribution in [1.82, 2.24) is 9.55 Å². The molecule has 0 aliphatic rings. The number of anilines is 1. The molecule has 5 nitrogen and oxygen atoms in total. The normalized spacial score (nSPS) is 10.4. The van der Waals surface area contributed by atoms with Crippen molar-refractivity contribution in [2.45, 2.75) is 26.9 Å². The van der Waals surface area contributed by atoms with Crippen molar-refractivity contribution in [3.63, 3.8) is 0 Å². The first kappa shape index (κ1) is 13.1. The SMILES string of the molecule is CCn1ccnc1CNc1cccc(C(=O)O)c1C. The Kier molecular flexibility index (Phi) is 3.85. The lowest BCUT2D eigenvalue weighted by Crippen LogP contribution is -2.09. The number of nitrogens with one attached hydrogen (secondary N) is 1. The van der Waals surface area contributed by atoms with E-state index < -0.39 is 5.97 Å². The summed E-state index contributed by atoms with van der Waals surface area (Å²) >= 11 is 0. The molecule has 0 amide bonds. The highest BCUT2D eigenvalue weighted by atomic mass is 16.4. The van der Waals surface area contributed by atoms with Gasteiger partial charge in [-0.25, -0.2) is 9.78 Å². The van der Waals surface area contributed by atoms with Gasteiger partial charge in [-0.3, -0.25) is 0 Å². The summed E-state index contributed by atoms with van der Waals surface area (Å²) in [6.07, 6.45) is 3.69. The number of aromatic nitrogens is 2. The first-order valence-corrected chi connectivity index (χ1v) is 6.20. The van der Waals surface area contributed by atoms with Gasteiger partial charge in [-0.15, -0.1) is 0 Å². The maximum absolute atomic E-state index is 11.1. The number of aryl methyl sites for hydroxylation is 1. The number of imidazole rings is 1. The molecule has 0 aliphatic carbocycles. The lowest BCUT2D eigenvalue weighted by atomic mass is 10.1. The molecular formula is C14H17N3O2. The van der Waals surface area contributed by atoms with Crippen LogP contribution >= 0.6 is 0 Å². The molecule has 0 radical (unpaired) electrons. The zero-order valence-electron chi connectivity index (χ0n) is 11.1. The van der Waals surface area contributed by atoms with E-state index in [4.69, 9.17) is 5.11 Å². The summed E-state index contributed by atoms with van der Waals surface area (Å²) in [6, 6.07) is 5.22. The smallest absolute Gasteiger partial charge is 0.336 e. The first-order valence-electron chi connectivity index (χ1n) is 6.20. The van der Waals surface area contributed by atoms with Crippen LogP contribution in [-0.4, -0.2) is 20.6 Å².